The van der Waals surface area contributed by atoms with E-state index in [1.165, 1.54) is 33.6 Å². The van der Waals surface area contributed by atoms with E-state index in [2.05, 4.69) is 25.4 Å². The molecule has 6 rings (SSSR count). The Morgan fingerprint density at radius 3 is 2.71 bits per heavy atom. The standard InChI is InChI=1S/C31H30F2N8O4/c1-38(2)20-10-13-40(17-20)30(43)19-6-4-7-21(14-19)44-22-8-9-26(45-31(32)33)23(15-22)27-25(18-39(3)37-27)36-29(42)24-16-35-41-12-5-11-34-28(24)41/h4-9,11-12,14-16,18,20,31H,10,13,17H2,1-3H3,(H,36,42)/t20-/m1/s1. The minimum Gasteiger partial charge on any atom is -0.457 e. The van der Waals surface area contributed by atoms with Crippen molar-refractivity contribution in [2.75, 3.05) is 32.5 Å². The third-order valence-corrected chi connectivity index (χ3v) is 7.52. The Balaban J connectivity index is 1.28. The van der Waals surface area contributed by atoms with Crippen LogP contribution in [0.25, 0.3) is 16.9 Å². The highest BCUT2D eigenvalue weighted by Crippen LogP contribution is 2.39. The fourth-order valence-electron chi connectivity index (χ4n) is 5.27. The van der Waals surface area contributed by atoms with Gasteiger partial charge in [-0.05, 0) is 63.0 Å². The number of alkyl halides is 2. The number of fused-ring (bicyclic) bond motifs is 1. The van der Waals surface area contributed by atoms with Gasteiger partial charge in [0.25, 0.3) is 11.8 Å². The molecule has 1 atom stereocenters. The lowest BCUT2D eigenvalue weighted by molar-refractivity contribution is -0.0494. The molecule has 1 aliphatic heterocycles. The van der Waals surface area contributed by atoms with Crippen LogP contribution in [0.3, 0.4) is 0 Å². The predicted molar refractivity (Wildman–Crippen MR) is 161 cm³/mol. The lowest BCUT2D eigenvalue weighted by Crippen LogP contribution is -2.34. The van der Waals surface area contributed by atoms with Gasteiger partial charge in [0.05, 0.1) is 17.4 Å². The molecule has 0 aliphatic carbocycles. The van der Waals surface area contributed by atoms with Gasteiger partial charge in [-0.3, -0.25) is 14.3 Å². The molecule has 232 valence electrons. The number of anilines is 1. The van der Waals surface area contributed by atoms with E-state index >= 15 is 0 Å². The maximum atomic E-state index is 13.4. The Bertz CT molecular complexity index is 1870. The van der Waals surface area contributed by atoms with Crippen molar-refractivity contribution in [2.24, 2.45) is 7.05 Å². The smallest absolute Gasteiger partial charge is 0.387 e. The molecule has 2 aromatic carbocycles. The molecule has 12 nitrogen and oxygen atoms in total. The van der Waals surface area contributed by atoms with E-state index in [1.54, 1.807) is 56.0 Å². The molecule has 0 bridgehead atoms. The normalized spacial score (nSPS) is 14.8. The van der Waals surface area contributed by atoms with Gasteiger partial charge >= 0.3 is 6.61 Å². The molecule has 1 aliphatic rings. The van der Waals surface area contributed by atoms with Gasteiger partial charge in [-0.1, -0.05) is 6.07 Å². The lowest BCUT2D eigenvalue weighted by Gasteiger charge is -2.20. The molecular formula is C31H30F2N8O4. The minimum atomic E-state index is -3.11. The van der Waals surface area contributed by atoms with Gasteiger partial charge in [0, 0.05) is 50.3 Å². The molecule has 1 fully saturated rings. The second kappa shape index (κ2) is 12.3. The van der Waals surface area contributed by atoms with E-state index in [1.807, 2.05) is 19.0 Å². The Morgan fingerprint density at radius 1 is 1.11 bits per heavy atom. The van der Waals surface area contributed by atoms with Gasteiger partial charge in [-0.2, -0.15) is 19.0 Å². The topological polar surface area (TPSA) is 119 Å². The molecule has 45 heavy (non-hydrogen) atoms. The van der Waals surface area contributed by atoms with Crippen LogP contribution in [-0.4, -0.2) is 85.8 Å². The quantitative estimate of drug-likeness (QED) is 0.256. The van der Waals surface area contributed by atoms with Gasteiger partial charge in [0.1, 0.15) is 28.5 Å². The highest BCUT2D eigenvalue weighted by atomic mass is 19.3. The second-order valence-electron chi connectivity index (χ2n) is 10.8. The number of benzene rings is 2. The van der Waals surface area contributed by atoms with Crippen molar-refractivity contribution >= 4 is 23.1 Å². The number of carbonyl (C=O) groups is 2. The Hall–Kier alpha value is -5.37. The van der Waals surface area contributed by atoms with Crippen molar-refractivity contribution in [3.05, 3.63) is 84.4 Å². The SMILES string of the molecule is CN(C)[C@@H]1CCN(C(=O)c2cccc(Oc3ccc(OC(F)F)c(-c4nn(C)cc4NC(=O)c4cnn5cccnc45)c3)c2)C1. The Labute approximate surface area is 256 Å². The molecule has 1 saturated heterocycles. The zero-order valence-electron chi connectivity index (χ0n) is 24.7. The molecular weight excluding hydrogens is 586 g/mol. The summed E-state index contributed by atoms with van der Waals surface area (Å²) in [6.07, 6.45) is 7.03. The predicted octanol–water partition coefficient (Wildman–Crippen LogP) is 4.55. The Kier molecular flexibility index (Phi) is 8.13. The fourth-order valence-corrected chi connectivity index (χ4v) is 5.27. The number of hydrogen-bond acceptors (Lipinski definition) is 8. The summed E-state index contributed by atoms with van der Waals surface area (Å²) in [5.74, 6) is -0.121. The summed E-state index contributed by atoms with van der Waals surface area (Å²) < 4.78 is 40.6. The van der Waals surface area contributed by atoms with Crippen molar-refractivity contribution < 1.29 is 27.8 Å². The molecule has 1 N–H and O–H groups in total. The summed E-state index contributed by atoms with van der Waals surface area (Å²) in [6, 6.07) is 13.1. The first-order valence-electron chi connectivity index (χ1n) is 14.1. The summed E-state index contributed by atoms with van der Waals surface area (Å²) in [7, 11) is 5.63. The maximum absolute atomic E-state index is 13.4. The monoisotopic (exact) mass is 616 g/mol. The number of rotatable bonds is 9. The van der Waals surface area contributed by atoms with Crippen molar-refractivity contribution in [3.63, 3.8) is 0 Å². The number of hydrogen-bond donors (Lipinski definition) is 1. The highest BCUT2D eigenvalue weighted by molar-refractivity contribution is 6.09. The maximum Gasteiger partial charge on any atom is 0.387 e. The van der Waals surface area contributed by atoms with Gasteiger partial charge in [0.15, 0.2) is 5.65 Å². The molecule has 5 aromatic rings. The average Bonchev–Trinajstić information content (AvgIpc) is 3.76. The molecule has 0 spiro atoms. The molecule has 2 amide bonds. The molecule has 3 aromatic heterocycles. The summed E-state index contributed by atoms with van der Waals surface area (Å²) in [5.41, 5.74) is 1.60. The number of nitrogens with one attached hydrogen (secondary N) is 1. The zero-order valence-corrected chi connectivity index (χ0v) is 24.7. The first-order valence-corrected chi connectivity index (χ1v) is 14.1. The van der Waals surface area contributed by atoms with Crippen LogP contribution in [0.4, 0.5) is 14.5 Å². The number of likely N-dealkylation sites (tertiary alicyclic amines) is 1. The van der Waals surface area contributed by atoms with Crippen LogP contribution in [0.2, 0.25) is 0 Å². The van der Waals surface area contributed by atoms with Crippen LogP contribution in [-0.2, 0) is 7.05 Å². The Morgan fingerprint density at radius 2 is 1.93 bits per heavy atom. The van der Waals surface area contributed by atoms with Crippen LogP contribution >= 0.6 is 0 Å². The van der Waals surface area contributed by atoms with Crippen molar-refractivity contribution in [2.45, 2.75) is 19.1 Å². The first-order chi connectivity index (χ1) is 21.7. The number of aromatic nitrogens is 5. The number of halogens is 2. The van der Waals surface area contributed by atoms with E-state index in [-0.39, 0.29) is 39.9 Å². The van der Waals surface area contributed by atoms with Crippen molar-refractivity contribution in [3.8, 4) is 28.5 Å². The molecule has 0 saturated carbocycles. The number of likely N-dealkylation sites (N-methyl/N-ethyl adjacent to an activating group) is 1. The van der Waals surface area contributed by atoms with Gasteiger partial charge in [-0.25, -0.2) is 9.50 Å². The van der Waals surface area contributed by atoms with Crippen molar-refractivity contribution in [1.29, 1.82) is 0 Å². The van der Waals surface area contributed by atoms with Crippen LogP contribution in [0.5, 0.6) is 17.2 Å². The molecule has 4 heterocycles. The van der Waals surface area contributed by atoms with E-state index < -0.39 is 12.5 Å². The van der Waals surface area contributed by atoms with Gasteiger partial charge in [-0.15, -0.1) is 0 Å². The molecule has 0 unspecified atom stereocenters. The number of ether oxygens (including phenoxy) is 2. The van der Waals surface area contributed by atoms with Gasteiger partial charge in [0.2, 0.25) is 0 Å². The summed E-state index contributed by atoms with van der Waals surface area (Å²) in [6.45, 7) is -1.80. The van der Waals surface area contributed by atoms with E-state index in [4.69, 9.17) is 9.47 Å². The van der Waals surface area contributed by atoms with Crippen LogP contribution in [0.15, 0.2) is 73.3 Å². The highest BCUT2D eigenvalue weighted by Gasteiger charge is 2.28. The zero-order chi connectivity index (χ0) is 31.7. The van der Waals surface area contributed by atoms with Crippen molar-refractivity contribution in [1.82, 2.24) is 34.2 Å². The number of carbonyl (C=O) groups excluding carboxylic acids is 2. The fraction of sp³-hybridized carbons (Fsp3) is 0.258. The van der Waals surface area contributed by atoms with E-state index in [0.29, 0.717) is 36.1 Å². The van der Waals surface area contributed by atoms with E-state index in [9.17, 15) is 18.4 Å². The number of aryl methyl sites for hydroxylation is 1. The molecule has 14 heteroatoms. The summed E-state index contributed by atoms with van der Waals surface area (Å²) >= 11 is 0. The first kappa shape index (κ1) is 29.7. The third-order valence-electron chi connectivity index (χ3n) is 7.52. The second-order valence-corrected chi connectivity index (χ2v) is 10.8. The van der Waals surface area contributed by atoms with Crippen LogP contribution in [0, 0.1) is 0 Å². The number of amides is 2. The number of nitrogens with zero attached hydrogens (tertiary/aromatic N) is 7. The summed E-state index contributed by atoms with van der Waals surface area (Å²) in [4.78, 5) is 34.6. The van der Waals surface area contributed by atoms with Crippen LogP contribution in [0.1, 0.15) is 27.1 Å². The largest absolute Gasteiger partial charge is 0.457 e. The van der Waals surface area contributed by atoms with Crippen LogP contribution < -0.4 is 14.8 Å². The third kappa shape index (κ3) is 6.31. The molecule has 0 radical (unpaired) electrons. The average molecular weight is 617 g/mol. The van der Waals surface area contributed by atoms with Gasteiger partial charge < -0.3 is 24.6 Å². The summed E-state index contributed by atoms with van der Waals surface area (Å²) in [5, 5.41) is 11.4. The van der Waals surface area contributed by atoms with E-state index in [0.717, 1.165) is 6.42 Å². The minimum absolute atomic E-state index is 0.0959. The lowest BCUT2D eigenvalue weighted by atomic mass is 10.1.